The van der Waals surface area contributed by atoms with Gasteiger partial charge in [-0.15, -0.1) is 14.5 Å². The zero-order valence-electron chi connectivity index (χ0n) is 22.2. The van der Waals surface area contributed by atoms with Crippen LogP contribution in [0.15, 0.2) is 76.8 Å². The van der Waals surface area contributed by atoms with Crippen molar-refractivity contribution < 1.29 is 13.6 Å². The largest absolute Gasteiger partial charge is 0.593 e. The average molecular weight is 562 g/mol. The molecule has 1 atom stereocenters. The van der Waals surface area contributed by atoms with Crippen molar-refractivity contribution in [3.63, 3.8) is 0 Å². The molecule has 0 saturated carbocycles. The lowest BCUT2D eigenvalue weighted by atomic mass is 10.1. The highest BCUT2D eigenvalue weighted by Crippen LogP contribution is 2.34. The van der Waals surface area contributed by atoms with Crippen LogP contribution in [0.25, 0.3) is 17.1 Å². The number of anilines is 1. The fourth-order valence-electron chi connectivity index (χ4n) is 4.75. The van der Waals surface area contributed by atoms with Crippen molar-refractivity contribution in [2.75, 3.05) is 24.2 Å². The molecule has 0 bridgehead atoms. The van der Waals surface area contributed by atoms with E-state index in [2.05, 4.69) is 15.5 Å². The van der Waals surface area contributed by atoms with Gasteiger partial charge in [0.25, 0.3) is 0 Å². The third kappa shape index (κ3) is 5.84. The Bertz CT molecular complexity index is 1520. The van der Waals surface area contributed by atoms with Gasteiger partial charge in [0.05, 0.1) is 11.4 Å². The minimum Gasteiger partial charge on any atom is -0.593 e. The van der Waals surface area contributed by atoms with Crippen molar-refractivity contribution in [1.29, 1.82) is 0 Å². The monoisotopic (exact) mass is 561 g/mol. The summed E-state index contributed by atoms with van der Waals surface area (Å²) < 4.78 is 30.0. The number of benzene rings is 3. The molecule has 1 aliphatic rings. The topological polar surface area (TPSA) is 103 Å². The molecule has 1 amide bonds. The van der Waals surface area contributed by atoms with Gasteiger partial charge in [-0.3, -0.25) is 9.36 Å². The summed E-state index contributed by atoms with van der Waals surface area (Å²) in [7, 11) is -3.59. The quantitative estimate of drug-likeness (QED) is 0.222. The van der Waals surface area contributed by atoms with Crippen LogP contribution in [0.4, 0.5) is 5.69 Å². The lowest BCUT2D eigenvalue weighted by Crippen LogP contribution is -2.33. The van der Waals surface area contributed by atoms with E-state index in [1.54, 1.807) is 18.2 Å². The number of hydrogen-bond donors (Lipinski definition) is 1. The summed E-state index contributed by atoms with van der Waals surface area (Å²) in [6.07, 6.45) is 1.75. The summed E-state index contributed by atoms with van der Waals surface area (Å²) in [6, 6.07) is 20.5. The lowest BCUT2D eigenvalue weighted by Gasteiger charge is -2.23. The third-order valence-corrected chi connectivity index (χ3v) is 9.58. The minimum absolute atomic E-state index is 0.139. The van der Waals surface area contributed by atoms with Gasteiger partial charge >= 0.3 is 0 Å². The number of carbonyl (C=O) groups is 1. The highest BCUT2D eigenvalue weighted by atomic mass is 32.3. The molecular weight excluding hydrogens is 530 g/mol. The smallest absolute Gasteiger partial charge is 0.234 e. The standard InChI is InChI=1S/C29H31N5O3S2/c1-20-12-14-24(15-13-20)30-26(35)19-38-29-32-31-28(34(29)27-21(2)8-6-9-22(27)3)23-10-7-11-25(18-23)39(36,37)33-16-4-5-17-33/h6-15,18H,4-5,16-17,19H2,1-3H3,(H-,30,35,36,37). The molecule has 8 nitrogen and oxygen atoms in total. The van der Waals surface area contributed by atoms with E-state index in [4.69, 9.17) is 0 Å². The zero-order valence-corrected chi connectivity index (χ0v) is 23.8. The van der Waals surface area contributed by atoms with E-state index in [1.807, 2.05) is 73.9 Å². The molecule has 4 aromatic rings. The summed E-state index contributed by atoms with van der Waals surface area (Å²) in [6.45, 7) is 7.10. The van der Waals surface area contributed by atoms with Gasteiger partial charge in [0.15, 0.2) is 26.3 Å². The number of aromatic nitrogens is 3. The molecule has 39 heavy (non-hydrogen) atoms. The van der Waals surface area contributed by atoms with Crippen molar-refractivity contribution in [3.8, 4) is 17.1 Å². The molecule has 10 heteroatoms. The second-order valence-corrected chi connectivity index (χ2v) is 12.6. The van der Waals surface area contributed by atoms with Crippen LogP contribution in [0.1, 0.15) is 29.5 Å². The van der Waals surface area contributed by atoms with Crippen LogP contribution in [0, 0.1) is 20.8 Å². The van der Waals surface area contributed by atoms with E-state index in [-0.39, 0.29) is 16.6 Å². The number of thioether (sulfide) groups is 1. The number of rotatable bonds is 8. The van der Waals surface area contributed by atoms with Crippen LogP contribution in [-0.2, 0) is 19.4 Å². The van der Waals surface area contributed by atoms with E-state index >= 15 is 0 Å². The molecule has 1 saturated heterocycles. The third-order valence-electron chi connectivity index (χ3n) is 6.76. The number of hydrogen-bond acceptors (Lipinski definition) is 6. The van der Waals surface area contributed by atoms with Gasteiger partial charge in [0, 0.05) is 30.4 Å². The van der Waals surface area contributed by atoms with Gasteiger partial charge in [0.1, 0.15) is 0 Å². The first-order valence-electron chi connectivity index (χ1n) is 12.9. The number of aryl methyl sites for hydroxylation is 3. The lowest BCUT2D eigenvalue weighted by molar-refractivity contribution is -0.113. The molecule has 3 aromatic carbocycles. The van der Waals surface area contributed by atoms with Crippen molar-refractivity contribution in [2.45, 2.75) is 43.7 Å². The maximum absolute atomic E-state index is 13.3. The predicted molar refractivity (Wildman–Crippen MR) is 155 cm³/mol. The Kier molecular flexibility index (Phi) is 7.99. The Morgan fingerprint density at radius 1 is 0.974 bits per heavy atom. The van der Waals surface area contributed by atoms with Crippen LogP contribution in [-0.4, -0.2) is 48.4 Å². The predicted octanol–water partition coefficient (Wildman–Crippen LogP) is 5.59. The van der Waals surface area contributed by atoms with Crippen LogP contribution >= 0.6 is 11.8 Å². The fraction of sp³-hybridized carbons (Fsp3) is 0.276. The van der Waals surface area contributed by atoms with E-state index in [1.165, 1.54) is 16.1 Å². The van der Waals surface area contributed by atoms with Gasteiger partial charge in [-0.2, -0.15) is 0 Å². The first-order valence-corrected chi connectivity index (χ1v) is 15.3. The molecule has 5 rings (SSSR count). The molecule has 1 N–H and O–H groups in total. The summed E-state index contributed by atoms with van der Waals surface area (Å²) in [5, 5.41) is 12.4. The summed E-state index contributed by atoms with van der Waals surface area (Å²) >= 11 is 1.29. The second-order valence-electron chi connectivity index (χ2n) is 9.72. The maximum Gasteiger partial charge on any atom is 0.234 e. The van der Waals surface area contributed by atoms with Crippen LogP contribution in [0.3, 0.4) is 0 Å². The van der Waals surface area contributed by atoms with Crippen molar-refractivity contribution in [1.82, 2.24) is 19.1 Å². The van der Waals surface area contributed by atoms with Crippen molar-refractivity contribution in [3.05, 3.63) is 83.4 Å². The number of carbonyl (C=O) groups excluding carboxylic acids is 1. The highest BCUT2D eigenvalue weighted by Gasteiger charge is 2.33. The van der Waals surface area contributed by atoms with E-state index in [9.17, 15) is 13.6 Å². The Hall–Kier alpha value is -3.31. The van der Waals surface area contributed by atoms with E-state index in [0.717, 1.165) is 40.9 Å². The first kappa shape index (κ1) is 27.3. The van der Waals surface area contributed by atoms with Crippen LogP contribution < -0.4 is 5.32 Å². The molecule has 1 fully saturated rings. The molecule has 0 spiro atoms. The van der Waals surface area contributed by atoms with Crippen LogP contribution in [0.5, 0.6) is 0 Å². The van der Waals surface area contributed by atoms with Gasteiger partial charge in [-0.1, -0.05) is 64.0 Å². The molecule has 1 unspecified atom stereocenters. The van der Waals surface area contributed by atoms with Crippen LogP contribution in [0.2, 0.25) is 0 Å². The first-order chi connectivity index (χ1) is 18.7. The highest BCUT2D eigenvalue weighted by molar-refractivity contribution is 7.99. The molecule has 1 aromatic heterocycles. The average Bonchev–Trinajstić information content (AvgIpc) is 3.60. The van der Waals surface area contributed by atoms with Gasteiger partial charge in [-0.25, -0.2) is 0 Å². The van der Waals surface area contributed by atoms with Gasteiger partial charge < -0.3 is 9.87 Å². The van der Waals surface area contributed by atoms with Gasteiger partial charge in [-0.05, 0) is 62.9 Å². The Labute approximate surface area is 234 Å². The van der Waals surface area contributed by atoms with Crippen molar-refractivity contribution >= 4 is 33.8 Å². The normalized spacial score (nSPS) is 15.3. The Morgan fingerprint density at radius 2 is 1.64 bits per heavy atom. The molecule has 1 aliphatic heterocycles. The molecule has 0 aliphatic carbocycles. The number of para-hydroxylation sites is 1. The molecule has 0 radical (unpaired) electrons. The summed E-state index contributed by atoms with van der Waals surface area (Å²) in [5.74, 6) is 0.507. The van der Waals surface area contributed by atoms with E-state index < -0.39 is 10.4 Å². The maximum atomic E-state index is 13.3. The SMILES string of the molecule is Cc1ccc(NC(=O)CSc2nnc(-c3cccc([S+](=O)([O-])N4CCCC4)c3)n2-c2c(C)cccc2C)cc1. The number of nitrogens with one attached hydrogen (secondary N) is 1. The Morgan fingerprint density at radius 3 is 2.33 bits per heavy atom. The Balaban J connectivity index is 1.49. The molecule has 202 valence electrons. The summed E-state index contributed by atoms with van der Waals surface area (Å²) in [5.41, 5.74) is 5.44. The van der Waals surface area contributed by atoms with Crippen molar-refractivity contribution in [2.24, 2.45) is 0 Å². The minimum atomic E-state index is -3.59. The van der Waals surface area contributed by atoms with E-state index in [0.29, 0.717) is 29.6 Å². The number of amides is 1. The number of nitrogens with zero attached hydrogens (tertiary/aromatic N) is 4. The molecular formula is C29H31N5O3S2. The fourth-order valence-corrected chi connectivity index (χ4v) is 7.05. The zero-order chi connectivity index (χ0) is 27.6. The summed E-state index contributed by atoms with van der Waals surface area (Å²) in [4.78, 5) is 13.0. The number of sulfonamides is 1. The molecule has 2 heterocycles. The van der Waals surface area contributed by atoms with Gasteiger partial charge in [0.2, 0.25) is 5.91 Å². The second kappa shape index (κ2) is 11.4.